The number of rotatable bonds is 4. The molecule has 1 aliphatic rings. The fourth-order valence-electron chi connectivity index (χ4n) is 3.55. The van der Waals surface area contributed by atoms with E-state index in [2.05, 4.69) is 10.0 Å². The number of piperidine rings is 1. The van der Waals surface area contributed by atoms with E-state index in [0.29, 0.717) is 12.8 Å². The van der Waals surface area contributed by atoms with Crippen molar-refractivity contribution < 1.29 is 17.5 Å². The van der Waals surface area contributed by atoms with E-state index in [1.165, 1.54) is 13.2 Å². The van der Waals surface area contributed by atoms with Gasteiger partial charge in [0, 0.05) is 23.2 Å². The Morgan fingerprint density at radius 2 is 1.78 bits per heavy atom. The van der Waals surface area contributed by atoms with Crippen LogP contribution < -0.4 is 14.8 Å². The zero-order valence-electron chi connectivity index (χ0n) is 14.2. The van der Waals surface area contributed by atoms with Gasteiger partial charge in [0.05, 0.1) is 7.11 Å². The van der Waals surface area contributed by atoms with Gasteiger partial charge in [0.25, 0.3) is 0 Å². The predicted molar refractivity (Wildman–Crippen MR) is 87.6 cm³/mol. The lowest BCUT2D eigenvalue weighted by atomic mass is 9.80. The molecule has 0 amide bonds. The molecular formula is C16H25FN2O3S. The summed E-state index contributed by atoms with van der Waals surface area (Å²) in [4.78, 5) is -0.0458. The van der Waals surface area contributed by atoms with Gasteiger partial charge < -0.3 is 10.1 Å². The van der Waals surface area contributed by atoms with Crippen molar-refractivity contribution in [3.8, 4) is 5.75 Å². The van der Waals surface area contributed by atoms with Crippen LogP contribution in [0.15, 0.2) is 23.1 Å². The highest BCUT2D eigenvalue weighted by atomic mass is 32.2. The van der Waals surface area contributed by atoms with Crippen LogP contribution in [0.2, 0.25) is 0 Å². The Bertz CT molecular complexity index is 671. The maximum Gasteiger partial charge on any atom is 0.244 e. The Morgan fingerprint density at radius 3 is 2.30 bits per heavy atom. The average molecular weight is 344 g/mol. The summed E-state index contributed by atoms with van der Waals surface area (Å²) in [7, 11) is -2.47. The monoisotopic (exact) mass is 344 g/mol. The Balaban J connectivity index is 2.28. The zero-order chi connectivity index (χ0) is 17.5. The normalized spacial score (nSPS) is 21.1. The van der Waals surface area contributed by atoms with Crippen molar-refractivity contribution in [2.45, 2.75) is 62.6 Å². The highest BCUT2D eigenvalue weighted by Crippen LogP contribution is 2.31. The van der Waals surface area contributed by atoms with Gasteiger partial charge in [-0.25, -0.2) is 17.5 Å². The summed E-state index contributed by atoms with van der Waals surface area (Å²) >= 11 is 0. The van der Waals surface area contributed by atoms with E-state index in [4.69, 9.17) is 4.74 Å². The van der Waals surface area contributed by atoms with Gasteiger partial charge in [-0.2, -0.15) is 0 Å². The maximum atomic E-state index is 13.3. The van der Waals surface area contributed by atoms with E-state index in [-0.39, 0.29) is 27.8 Å². The summed E-state index contributed by atoms with van der Waals surface area (Å²) in [6, 6.07) is 3.22. The number of ether oxygens (including phenoxy) is 1. The SMILES string of the molecule is COc1cc(F)ccc1S(=O)(=O)NC1CC(C)(C)NC(C)(C)C1. The smallest absolute Gasteiger partial charge is 0.244 e. The average Bonchev–Trinajstić information content (AvgIpc) is 2.33. The molecule has 130 valence electrons. The molecule has 0 bridgehead atoms. The number of nitrogens with one attached hydrogen (secondary N) is 2. The minimum Gasteiger partial charge on any atom is -0.495 e. The molecule has 1 aliphatic heterocycles. The molecule has 1 aromatic rings. The third kappa shape index (κ3) is 4.43. The van der Waals surface area contributed by atoms with Crippen LogP contribution in [0.25, 0.3) is 0 Å². The van der Waals surface area contributed by atoms with Gasteiger partial charge in [-0.1, -0.05) is 0 Å². The van der Waals surface area contributed by atoms with Gasteiger partial charge in [0.2, 0.25) is 10.0 Å². The second kappa shape index (κ2) is 6.03. The lowest BCUT2D eigenvalue weighted by Crippen LogP contribution is -2.62. The van der Waals surface area contributed by atoms with E-state index in [1.54, 1.807) is 0 Å². The van der Waals surface area contributed by atoms with Gasteiger partial charge in [-0.05, 0) is 52.7 Å². The highest BCUT2D eigenvalue weighted by Gasteiger charge is 2.39. The van der Waals surface area contributed by atoms with Gasteiger partial charge >= 0.3 is 0 Å². The standard InChI is InChI=1S/C16H25FN2O3S/c1-15(2)9-12(10-16(3,4)19-15)18-23(20,21)14-7-6-11(17)8-13(14)22-5/h6-8,12,18-19H,9-10H2,1-5H3. The van der Waals surface area contributed by atoms with Crippen molar-refractivity contribution in [3.63, 3.8) is 0 Å². The fraction of sp³-hybridized carbons (Fsp3) is 0.625. The summed E-state index contributed by atoms with van der Waals surface area (Å²) < 4.78 is 46.4. The zero-order valence-corrected chi connectivity index (χ0v) is 15.1. The third-order valence-electron chi connectivity index (χ3n) is 3.93. The first kappa shape index (κ1) is 18.2. The predicted octanol–water partition coefficient (Wildman–Crippen LogP) is 2.42. The molecule has 0 atom stereocenters. The molecule has 2 N–H and O–H groups in total. The van der Waals surface area contributed by atoms with Crippen molar-refractivity contribution in [1.82, 2.24) is 10.0 Å². The quantitative estimate of drug-likeness (QED) is 0.880. The summed E-state index contributed by atoms with van der Waals surface area (Å²) in [5.41, 5.74) is -0.358. The molecule has 0 aromatic heterocycles. The van der Waals surface area contributed by atoms with Crippen LogP contribution in [0.3, 0.4) is 0 Å². The molecule has 1 saturated heterocycles. The van der Waals surface area contributed by atoms with E-state index < -0.39 is 15.8 Å². The lowest BCUT2D eigenvalue weighted by molar-refractivity contribution is 0.157. The van der Waals surface area contributed by atoms with E-state index in [9.17, 15) is 12.8 Å². The van der Waals surface area contributed by atoms with E-state index in [0.717, 1.165) is 12.1 Å². The first-order valence-electron chi connectivity index (χ1n) is 7.59. The topological polar surface area (TPSA) is 67.4 Å². The number of methoxy groups -OCH3 is 1. The maximum absolute atomic E-state index is 13.3. The molecule has 1 heterocycles. The molecule has 1 aromatic carbocycles. The van der Waals surface area contributed by atoms with Crippen LogP contribution in [0, 0.1) is 5.82 Å². The Kier molecular flexibility index (Phi) is 4.76. The molecular weight excluding hydrogens is 319 g/mol. The van der Waals surface area contributed by atoms with Crippen molar-refractivity contribution >= 4 is 10.0 Å². The summed E-state index contributed by atoms with van der Waals surface area (Å²) in [5, 5.41) is 3.51. The molecule has 5 nitrogen and oxygen atoms in total. The van der Waals surface area contributed by atoms with Gasteiger partial charge in [0.1, 0.15) is 16.5 Å². The van der Waals surface area contributed by atoms with Crippen molar-refractivity contribution in [2.24, 2.45) is 0 Å². The Morgan fingerprint density at radius 1 is 1.22 bits per heavy atom. The van der Waals surface area contributed by atoms with Crippen LogP contribution in [-0.4, -0.2) is 32.6 Å². The number of halogens is 1. The number of benzene rings is 1. The highest BCUT2D eigenvalue weighted by molar-refractivity contribution is 7.89. The minimum atomic E-state index is -3.79. The van der Waals surface area contributed by atoms with E-state index in [1.807, 2.05) is 27.7 Å². The van der Waals surface area contributed by atoms with Gasteiger partial charge in [-0.3, -0.25) is 0 Å². The molecule has 0 aliphatic carbocycles. The summed E-state index contributed by atoms with van der Waals surface area (Å²) in [6.45, 7) is 8.20. The van der Waals surface area contributed by atoms with Crippen LogP contribution in [0.1, 0.15) is 40.5 Å². The van der Waals surface area contributed by atoms with E-state index >= 15 is 0 Å². The number of hydrogen-bond donors (Lipinski definition) is 2. The molecule has 0 unspecified atom stereocenters. The van der Waals surface area contributed by atoms with Gasteiger partial charge in [0.15, 0.2) is 0 Å². The third-order valence-corrected chi connectivity index (χ3v) is 5.49. The second-order valence-electron chi connectivity index (χ2n) is 7.41. The fourth-order valence-corrected chi connectivity index (χ4v) is 4.94. The van der Waals surface area contributed by atoms with Crippen molar-refractivity contribution in [2.75, 3.05) is 7.11 Å². The first-order valence-corrected chi connectivity index (χ1v) is 9.08. The van der Waals surface area contributed by atoms with Crippen LogP contribution in [-0.2, 0) is 10.0 Å². The second-order valence-corrected chi connectivity index (χ2v) is 9.10. The molecule has 2 rings (SSSR count). The Hall–Kier alpha value is -1.18. The summed E-state index contributed by atoms with van der Waals surface area (Å²) in [5.74, 6) is -0.533. The molecule has 1 fully saturated rings. The lowest BCUT2D eigenvalue weighted by Gasteiger charge is -2.46. The number of sulfonamides is 1. The molecule has 23 heavy (non-hydrogen) atoms. The Labute approximate surface area is 137 Å². The van der Waals surface area contributed by atoms with Crippen LogP contribution in [0.4, 0.5) is 4.39 Å². The molecule has 0 saturated carbocycles. The van der Waals surface area contributed by atoms with Crippen LogP contribution >= 0.6 is 0 Å². The molecule has 0 radical (unpaired) electrons. The van der Waals surface area contributed by atoms with Crippen LogP contribution in [0.5, 0.6) is 5.75 Å². The largest absolute Gasteiger partial charge is 0.495 e. The summed E-state index contributed by atoms with van der Waals surface area (Å²) in [6.07, 6.45) is 1.33. The number of hydrogen-bond acceptors (Lipinski definition) is 4. The minimum absolute atomic E-state index is 0.00459. The molecule has 7 heteroatoms. The molecule has 0 spiro atoms. The van der Waals surface area contributed by atoms with Gasteiger partial charge in [-0.15, -0.1) is 0 Å². The first-order chi connectivity index (χ1) is 10.4. The van der Waals surface area contributed by atoms with Crippen molar-refractivity contribution in [1.29, 1.82) is 0 Å². The van der Waals surface area contributed by atoms with Crippen molar-refractivity contribution in [3.05, 3.63) is 24.0 Å².